The topological polar surface area (TPSA) is 77.0 Å². The Hall–Kier alpha value is -2.09. The third-order valence-electron chi connectivity index (χ3n) is 4.21. The van der Waals surface area contributed by atoms with E-state index in [0.717, 1.165) is 25.9 Å². The summed E-state index contributed by atoms with van der Waals surface area (Å²) in [7, 11) is 0. The number of aromatic nitrogens is 3. The number of benzene rings is 1. The molecule has 2 aromatic rings. The lowest BCUT2D eigenvalue weighted by Gasteiger charge is -2.30. The van der Waals surface area contributed by atoms with Gasteiger partial charge >= 0.3 is 0 Å². The van der Waals surface area contributed by atoms with Crippen molar-refractivity contribution in [3.05, 3.63) is 30.1 Å². The maximum Gasteiger partial charge on any atom is 0.233 e. The Bertz CT molecular complexity index is 727. The predicted molar refractivity (Wildman–Crippen MR) is 91.3 cm³/mol. The maximum absolute atomic E-state index is 13.3. The number of nitrogen functional groups attached to an aromatic ring is 1. The molecule has 1 aliphatic heterocycles. The monoisotopic (exact) mass is 349 g/mol. The van der Waals surface area contributed by atoms with Gasteiger partial charge in [-0.25, -0.2) is 9.07 Å². The van der Waals surface area contributed by atoms with Gasteiger partial charge in [-0.3, -0.25) is 4.79 Å². The molecule has 8 heteroatoms. The van der Waals surface area contributed by atoms with Gasteiger partial charge in [0.2, 0.25) is 11.1 Å². The van der Waals surface area contributed by atoms with Crippen LogP contribution < -0.4 is 5.84 Å². The van der Waals surface area contributed by atoms with Crippen LogP contribution in [0.3, 0.4) is 0 Å². The molecular weight excluding hydrogens is 329 g/mol. The number of amides is 1. The first kappa shape index (κ1) is 16.8. The highest BCUT2D eigenvalue weighted by molar-refractivity contribution is 7.99. The minimum atomic E-state index is -0.362. The minimum Gasteiger partial charge on any atom is -0.342 e. The molecule has 1 saturated heterocycles. The van der Waals surface area contributed by atoms with Crippen LogP contribution >= 0.6 is 11.8 Å². The molecule has 1 aliphatic rings. The normalized spacial score (nSPS) is 15.7. The van der Waals surface area contributed by atoms with Gasteiger partial charge in [-0.2, -0.15) is 0 Å². The molecule has 0 aliphatic carbocycles. The Kier molecular flexibility index (Phi) is 5.03. The second-order valence-electron chi connectivity index (χ2n) is 6.04. The molecule has 0 spiro atoms. The molecule has 1 aromatic heterocycles. The second-order valence-corrected chi connectivity index (χ2v) is 6.98. The molecule has 24 heavy (non-hydrogen) atoms. The number of thioether (sulfide) groups is 1. The summed E-state index contributed by atoms with van der Waals surface area (Å²) in [6.07, 6.45) is 2.10. The number of hydrogen-bond acceptors (Lipinski definition) is 5. The zero-order chi connectivity index (χ0) is 17.1. The number of nitrogens with zero attached hydrogens (tertiary/aromatic N) is 4. The van der Waals surface area contributed by atoms with E-state index < -0.39 is 0 Å². The number of likely N-dealkylation sites (tertiary alicyclic amines) is 1. The standard InChI is InChI=1S/C16H20FN5OS/c1-11-5-7-21(8-6-11)14(23)10-24-16-20-19-15(22(16)18)12-3-2-4-13(17)9-12/h2-4,9,11H,5-8,10,18H2,1H3. The molecule has 2 heterocycles. The molecule has 0 bridgehead atoms. The predicted octanol–water partition coefficient (Wildman–Crippen LogP) is 2.15. The molecule has 128 valence electrons. The van der Waals surface area contributed by atoms with E-state index in [1.165, 1.54) is 28.6 Å². The first-order chi connectivity index (χ1) is 11.5. The average molecular weight is 349 g/mol. The van der Waals surface area contributed by atoms with Crippen molar-refractivity contribution in [1.29, 1.82) is 0 Å². The summed E-state index contributed by atoms with van der Waals surface area (Å²) >= 11 is 1.25. The average Bonchev–Trinajstić information content (AvgIpc) is 2.94. The van der Waals surface area contributed by atoms with Gasteiger partial charge in [0.15, 0.2) is 5.82 Å². The van der Waals surface area contributed by atoms with Crippen molar-refractivity contribution in [2.24, 2.45) is 5.92 Å². The lowest BCUT2D eigenvalue weighted by Crippen LogP contribution is -2.39. The molecule has 3 rings (SSSR count). The Morgan fingerprint density at radius 2 is 2.12 bits per heavy atom. The fraction of sp³-hybridized carbons (Fsp3) is 0.438. The molecule has 0 radical (unpaired) electrons. The van der Waals surface area contributed by atoms with Gasteiger partial charge in [0, 0.05) is 18.7 Å². The first-order valence-corrected chi connectivity index (χ1v) is 8.90. The summed E-state index contributed by atoms with van der Waals surface area (Å²) in [5.41, 5.74) is 0.549. The molecule has 0 atom stereocenters. The Morgan fingerprint density at radius 1 is 1.38 bits per heavy atom. The van der Waals surface area contributed by atoms with Crippen LogP contribution in [0.2, 0.25) is 0 Å². The third-order valence-corrected chi connectivity index (χ3v) is 5.14. The van der Waals surface area contributed by atoms with Gasteiger partial charge in [0.25, 0.3) is 0 Å². The van der Waals surface area contributed by atoms with Crippen LogP contribution in [0.1, 0.15) is 19.8 Å². The van der Waals surface area contributed by atoms with Gasteiger partial charge in [0.1, 0.15) is 5.82 Å². The molecule has 1 aromatic carbocycles. The van der Waals surface area contributed by atoms with E-state index >= 15 is 0 Å². The molecule has 1 amide bonds. The summed E-state index contributed by atoms with van der Waals surface area (Å²) < 4.78 is 14.6. The van der Waals surface area contributed by atoms with Crippen molar-refractivity contribution in [2.75, 3.05) is 24.7 Å². The molecule has 1 fully saturated rings. The lowest BCUT2D eigenvalue weighted by atomic mass is 9.99. The van der Waals surface area contributed by atoms with Crippen LogP contribution in [0.4, 0.5) is 4.39 Å². The Balaban J connectivity index is 1.63. The second kappa shape index (κ2) is 7.21. The highest BCUT2D eigenvalue weighted by atomic mass is 32.2. The van der Waals surface area contributed by atoms with E-state index in [1.54, 1.807) is 12.1 Å². The summed E-state index contributed by atoms with van der Waals surface area (Å²) in [4.78, 5) is 14.2. The van der Waals surface area contributed by atoms with E-state index in [4.69, 9.17) is 5.84 Å². The van der Waals surface area contributed by atoms with Crippen molar-refractivity contribution < 1.29 is 9.18 Å². The Labute approximate surface area is 144 Å². The van der Waals surface area contributed by atoms with E-state index in [2.05, 4.69) is 17.1 Å². The van der Waals surface area contributed by atoms with Crippen molar-refractivity contribution in [2.45, 2.75) is 24.9 Å². The van der Waals surface area contributed by atoms with Gasteiger partial charge in [-0.1, -0.05) is 30.8 Å². The maximum atomic E-state index is 13.3. The third kappa shape index (κ3) is 3.69. The fourth-order valence-electron chi connectivity index (χ4n) is 2.68. The van der Waals surface area contributed by atoms with Crippen molar-refractivity contribution in [3.63, 3.8) is 0 Å². The SMILES string of the molecule is CC1CCN(C(=O)CSc2nnc(-c3cccc(F)c3)n2N)CC1. The van der Waals surface area contributed by atoms with Crippen molar-refractivity contribution >= 4 is 17.7 Å². The van der Waals surface area contributed by atoms with E-state index in [0.29, 0.717) is 22.5 Å². The van der Waals surface area contributed by atoms with Gasteiger partial charge in [-0.05, 0) is 30.9 Å². The number of rotatable bonds is 4. The number of carbonyl (C=O) groups excluding carboxylic acids is 1. The lowest BCUT2D eigenvalue weighted by molar-refractivity contribution is -0.129. The summed E-state index contributed by atoms with van der Waals surface area (Å²) in [5, 5.41) is 8.45. The van der Waals surface area contributed by atoms with Crippen LogP contribution in [0.25, 0.3) is 11.4 Å². The van der Waals surface area contributed by atoms with Crippen LogP contribution in [0.5, 0.6) is 0 Å². The van der Waals surface area contributed by atoms with Gasteiger partial charge < -0.3 is 10.7 Å². The number of nitrogens with two attached hydrogens (primary N) is 1. The smallest absolute Gasteiger partial charge is 0.233 e. The zero-order valence-corrected chi connectivity index (χ0v) is 14.3. The van der Waals surface area contributed by atoms with Crippen LogP contribution in [-0.4, -0.2) is 44.5 Å². The van der Waals surface area contributed by atoms with E-state index in [-0.39, 0.29) is 17.5 Å². The fourth-order valence-corrected chi connectivity index (χ4v) is 3.43. The minimum absolute atomic E-state index is 0.0854. The summed E-state index contributed by atoms with van der Waals surface area (Å²) in [6.45, 7) is 3.83. The summed E-state index contributed by atoms with van der Waals surface area (Å²) in [6, 6.07) is 6.01. The van der Waals surface area contributed by atoms with Crippen LogP contribution in [-0.2, 0) is 4.79 Å². The number of halogens is 1. The number of hydrogen-bond donors (Lipinski definition) is 1. The molecule has 0 saturated carbocycles. The largest absolute Gasteiger partial charge is 0.342 e. The number of piperidine rings is 1. The molecular formula is C16H20FN5OS. The Morgan fingerprint density at radius 3 is 2.83 bits per heavy atom. The highest BCUT2D eigenvalue weighted by Crippen LogP contribution is 2.23. The highest BCUT2D eigenvalue weighted by Gasteiger charge is 2.21. The van der Waals surface area contributed by atoms with E-state index in [1.807, 2.05) is 4.90 Å². The van der Waals surface area contributed by atoms with Crippen LogP contribution in [0, 0.1) is 11.7 Å². The summed E-state index contributed by atoms with van der Waals surface area (Å²) in [5.74, 6) is 7.04. The van der Waals surface area contributed by atoms with Crippen LogP contribution in [0.15, 0.2) is 29.4 Å². The van der Waals surface area contributed by atoms with Crippen molar-refractivity contribution in [3.8, 4) is 11.4 Å². The van der Waals surface area contributed by atoms with Gasteiger partial charge in [0.05, 0.1) is 5.75 Å². The van der Waals surface area contributed by atoms with Gasteiger partial charge in [-0.15, -0.1) is 10.2 Å². The van der Waals surface area contributed by atoms with E-state index in [9.17, 15) is 9.18 Å². The molecule has 0 unspecified atom stereocenters. The van der Waals surface area contributed by atoms with Crippen molar-refractivity contribution in [1.82, 2.24) is 19.8 Å². The quantitative estimate of drug-likeness (QED) is 0.676. The molecule has 2 N–H and O–H groups in total. The zero-order valence-electron chi connectivity index (χ0n) is 13.5. The molecule has 6 nitrogen and oxygen atoms in total. The first-order valence-electron chi connectivity index (χ1n) is 7.91. The number of carbonyl (C=O) groups is 1.